The number of fused-ring (bicyclic) bond motifs is 3. The number of ether oxygens (including phenoxy) is 1. The molecule has 0 radical (unpaired) electrons. The van der Waals surface area contributed by atoms with Crippen LogP contribution in [0, 0.1) is 0 Å². The topological polar surface area (TPSA) is 46.0 Å². The quantitative estimate of drug-likeness (QED) is 0.780. The molecule has 0 unspecified atom stereocenters. The average Bonchev–Trinajstić information content (AvgIpc) is 3.00. The van der Waals surface area contributed by atoms with E-state index >= 15 is 0 Å². The minimum Gasteiger partial charge on any atom is -0.382 e. The van der Waals surface area contributed by atoms with Gasteiger partial charge in [-0.15, -0.1) is 0 Å². The van der Waals surface area contributed by atoms with Gasteiger partial charge in [-0.1, -0.05) is 48.2 Å². The fourth-order valence-electron chi connectivity index (χ4n) is 3.31. The van der Waals surface area contributed by atoms with E-state index in [1.165, 1.54) is 27.8 Å². The van der Waals surface area contributed by atoms with Crippen molar-refractivity contribution in [2.45, 2.75) is 19.4 Å². The number of benzene rings is 2. The summed E-state index contributed by atoms with van der Waals surface area (Å²) in [6.07, 6.45) is 1.03. The highest BCUT2D eigenvalue weighted by Crippen LogP contribution is 2.37. The SMILES string of the molecule is COC[C@H](C)N=C1NN=C(c2ccc3c(c2)-c2ccccc2C3)CS1. The van der Waals surface area contributed by atoms with E-state index in [2.05, 4.69) is 58.0 Å². The Hall–Kier alpha value is -2.11. The molecule has 0 amide bonds. The average molecular weight is 351 g/mol. The molecule has 1 aliphatic carbocycles. The summed E-state index contributed by atoms with van der Waals surface area (Å²) in [6, 6.07) is 15.5. The molecule has 0 fully saturated rings. The first kappa shape index (κ1) is 16.4. The fraction of sp³-hybridized carbons (Fsp3) is 0.300. The van der Waals surface area contributed by atoms with Crippen LogP contribution in [0.2, 0.25) is 0 Å². The molecule has 2 aliphatic rings. The molecule has 0 saturated heterocycles. The first-order valence-electron chi connectivity index (χ1n) is 8.48. The van der Waals surface area contributed by atoms with Gasteiger partial charge in [0.2, 0.25) is 0 Å². The molecular formula is C20H21N3OS. The lowest BCUT2D eigenvalue weighted by Crippen LogP contribution is -2.27. The normalized spacial score (nSPS) is 18.3. The zero-order valence-corrected chi connectivity index (χ0v) is 15.3. The van der Waals surface area contributed by atoms with Crippen molar-refractivity contribution in [3.63, 3.8) is 0 Å². The van der Waals surface area contributed by atoms with E-state index in [-0.39, 0.29) is 6.04 Å². The molecule has 4 rings (SSSR count). The van der Waals surface area contributed by atoms with Crippen LogP contribution in [0.3, 0.4) is 0 Å². The minimum absolute atomic E-state index is 0.133. The van der Waals surface area contributed by atoms with Crippen molar-refractivity contribution < 1.29 is 4.74 Å². The van der Waals surface area contributed by atoms with Crippen LogP contribution in [0.5, 0.6) is 0 Å². The number of hydrazone groups is 1. The van der Waals surface area contributed by atoms with E-state index in [0.717, 1.165) is 23.1 Å². The molecule has 0 saturated carbocycles. The Morgan fingerprint density at radius 2 is 2.04 bits per heavy atom. The molecule has 1 atom stereocenters. The Labute approximate surface area is 152 Å². The lowest BCUT2D eigenvalue weighted by molar-refractivity contribution is 0.186. The maximum Gasteiger partial charge on any atom is 0.177 e. The van der Waals surface area contributed by atoms with E-state index in [9.17, 15) is 0 Å². The van der Waals surface area contributed by atoms with Gasteiger partial charge in [0.1, 0.15) is 0 Å². The van der Waals surface area contributed by atoms with Crippen molar-refractivity contribution in [2.24, 2.45) is 10.1 Å². The van der Waals surface area contributed by atoms with Gasteiger partial charge in [-0.05, 0) is 47.2 Å². The Kier molecular flexibility index (Phi) is 4.59. The van der Waals surface area contributed by atoms with Gasteiger partial charge in [-0.2, -0.15) is 5.10 Å². The molecular weight excluding hydrogens is 330 g/mol. The number of nitrogens with zero attached hydrogens (tertiary/aromatic N) is 2. The van der Waals surface area contributed by atoms with Crippen LogP contribution in [0.1, 0.15) is 23.6 Å². The number of hydrogen-bond donors (Lipinski definition) is 1. The summed E-state index contributed by atoms with van der Waals surface area (Å²) in [7, 11) is 1.69. The van der Waals surface area contributed by atoms with E-state index in [1.807, 2.05) is 6.92 Å². The van der Waals surface area contributed by atoms with E-state index in [0.29, 0.717) is 6.61 Å². The van der Waals surface area contributed by atoms with Crippen LogP contribution in [-0.4, -0.2) is 36.4 Å². The summed E-state index contributed by atoms with van der Waals surface area (Å²) in [6.45, 7) is 2.66. The lowest BCUT2D eigenvalue weighted by atomic mass is 10.0. The van der Waals surface area contributed by atoms with Crippen molar-refractivity contribution >= 4 is 22.6 Å². The molecule has 0 bridgehead atoms. The first-order valence-corrected chi connectivity index (χ1v) is 9.47. The third kappa shape index (κ3) is 3.34. The maximum atomic E-state index is 5.13. The van der Waals surface area contributed by atoms with Gasteiger partial charge in [0.15, 0.2) is 5.17 Å². The number of aliphatic imine (C=N–C) groups is 1. The Morgan fingerprint density at radius 1 is 1.20 bits per heavy atom. The highest BCUT2D eigenvalue weighted by molar-refractivity contribution is 8.14. The second-order valence-corrected chi connectivity index (χ2v) is 7.37. The van der Waals surface area contributed by atoms with Crippen molar-refractivity contribution in [1.29, 1.82) is 0 Å². The van der Waals surface area contributed by atoms with Gasteiger partial charge < -0.3 is 4.74 Å². The van der Waals surface area contributed by atoms with Crippen molar-refractivity contribution in [2.75, 3.05) is 19.5 Å². The predicted molar refractivity (Wildman–Crippen MR) is 106 cm³/mol. The van der Waals surface area contributed by atoms with Gasteiger partial charge >= 0.3 is 0 Å². The molecule has 0 spiro atoms. The molecule has 128 valence electrons. The van der Waals surface area contributed by atoms with Gasteiger partial charge in [-0.25, -0.2) is 0 Å². The Balaban J connectivity index is 1.56. The monoisotopic (exact) mass is 351 g/mol. The van der Waals surface area contributed by atoms with Gasteiger partial charge in [0.05, 0.1) is 18.4 Å². The summed E-state index contributed by atoms with van der Waals surface area (Å²) in [5, 5.41) is 5.41. The molecule has 2 aromatic rings. The molecule has 25 heavy (non-hydrogen) atoms. The van der Waals surface area contributed by atoms with E-state index in [1.54, 1.807) is 18.9 Å². The summed E-state index contributed by atoms with van der Waals surface area (Å²) in [4.78, 5) is 4.58. The second kappa shape index (κ2) is 7.02. The third-order valence-electron chi connectivity index (χ3n) is 4.51. The van der Waals surface area contributed by atoms with E-state index in [4.69, 9.17) is 4.74 Å². The predicted octanol–water partition coefficient (Wildman–Crippen LogP) is 3.69. The number of methoxy groups -OCH3 is 1. The van der Waals surface area contributed by atoms with Gasteiger partial charge in [0.25, 0.3) is 0 Å². The molecule has 1 N–H and O–H groups in total. The molecule has 1 heterocycles. The Bertz CT molecular complexity index is 860. The minimum atomic E-state index is 0.133. The second-order valence-electron chi connectivity index (χ2n) is 6.40. The number of rotatable bonds is 4. The standard InChI is InChI=1S/C20H21N3OS/c1-13(11-24-2)21-20-23-22-19(12-25-20)16-8-7-15-9-14-5-3-4-6-17(14)18(15)10-16/h3-8,10,13H,9,11-12H2,1-2H3,(H,21,23)/t13-/m0/s1. The smallest absolute Gasteiger partial charge is 0.177 e. The lowest BCUT2D eigenvalue weighted by Gasteiger charge is -2.17. The summed E-state index contributed by atoms with van der Waals surface area (Å²) in [5.74, 6) is 0.825. The molecule has 2 aromatic carbocycles. The fourth-order valence-corrected chi connectivity index (χ4v) is 4.18. The maximum absolute atomic E-state index is 5.13. The third-order valence-corrected chi connectivity index (χ3v) is 5.40. The van der Waals surface area contributed by atoms with Crippen molar-refractivity contribution in [3.05, 3.63) is 59.2 Å². The van der Waals surface area contributed by atoms with Gasteiger partial charge in [0, 0.05) is 12.9 Å². The molecule has 5 heteroatoms. The molecule has 0 aromatic heterocycles. The van der Waals surface area contributed by atoms with Crippen LogP contribution < -0.4 is 5.43 Å². The van der Waals surface area contributed by atoms with Crippen molar-refractivity contribution in [1.82, 2.24) is 5.43 Å². The Morgan fingerprint density at radius 3 is 2.84 bits per heavy atom. The number of nitrogens with one attached hydrogen (secondary N) is 1. The summed E-state index contributed by atoms with van der Waals surface area (Å²) < 4.78 is 5.13. The van der Waals surface area contributed by atoms with Crippen molar-refractivity contribution in [3.8, 4) is 11.1 Å². The van der Waals surface area contributed by atoms with Crippen LogP contribution in [0.4, 0.5) is 0 Å². The number of thioether (sulfide) groups is 1. The van der Waals surface area contributed by atoms with E-state index < -0.39 is 0 Å². The summed E-state index contributed by atoms with van der Waals surface area (Å²) >= 11 is 1.69. The first-order chi connectivity index (χ1) is 12.2. The highest BCUT2D eigenvalue weighted by atomic mass is 32.2. The zero-order chi connectivity index (χ0) is 17.2. The van der Waals surface area contributed by atoms with Crippen LogP contribution in [0.15, 0.2) is 52.6 Å². The van der Waals surface area contributed by atoms with Crippen LogP contribution in [0.25, 0.3) is 11.1 Å². The summed E-state index contributed by atoms with van der Waals surface area (Å²) in [5.41, 5.74) is 10.8. The largest absolute Gasteiger partial charge is 0.382 e. The number of amidine groups is 1. The molecule has 1 aliphatic heterocycles. The van der Waals surface area contributed by atoms with Crippen LogP contribution in [-0.2, 0) is 11.2 Å². The number of hydrogen-bond acceptors (Lipinski definition) is 4. The zero-order valence-electron chi connectivity index (χ0n) is 14.5. The van der Waals surface area contributed by atoms with Crippen LogP contribution >= 0.6 is 11.8 Å². The van der Waals surface area contributed by atoms with Gasteiger partial charge in [-0.3, -0.25) is 10.4 Å². The molecule has 4 nitrogen and oxygen atoms in total. The highest BCUT2D eigenvalue weighted by Gasteiger charge is 2.20.